The van der Waals surface area contributed by atoms with Gasteiger partial charge in [0.2, 0.25) is 0 Å². The van der Waals surface area contributed by atoms with Gasteiger partial charge >= 0.3 is 0 Å². The van der Waals surface area contributed by atoms with Gasteiger partial charge in [0.1, 0.15) is 22.2 Å². The first kappa shape index (κ1) is 23.4. The summed E-state index contributed by atoms with van der Waals surface area (Å²) in [5.74, 6) is -1.76. The number of aryl methyl sites for hydroxylation is 1. The van der Waals surface area contributed by atoms with Crippen LogP contribution in [0.5, 0.6) is 0 Å². The fourth-order valence-electron chi connectivity index (χ4n) is 4.05. The number of nitrogen functional groups attached to an aromatic ring is 1. The molecule has 34 heavy (non-hydrogen) atoms. The number of nitrogens with one attached hydrogen (secondary N) is 1. The number of furan rings is 1. The van der Waals surface area contributed by atoms with Gasteiger partial charge in [0.05, 0.1) is 5.69 Å². The maximum Gasteiger partial charge on any atom is 0.273 e. The predicted molar refractivity (Wildman–Crippen MR) is 125 cm³/mol. The number of amides is 3. The van der Waals surface area contributed by atoms with E-state index >= 15 is 0 Å². The highest BCUT2D eigenvalue weighted by atomic mass is 32.1. The minimum absolute atomic E-state index is 0.0221. The van der Waals surface area contributed by atoms with Gasteiger partial charge in [-0.15, -0.1) is 0 Å². The molecule has 0 bridgehead atoms. The van der Waals surface area contributed by atoms with Crippen LogP contribution in [-0.2, 0) is 4.79 Å². The SMILES string of the molecule is Cc1ccc(C(C(=O)NC2CCCC2)N(C(=O)c2snc(C(N)=O)c2N)c2ccc(F)cc2)o1. The highest BCUT2D eigenvalue weighted by Crippen LogP contribution is 2.34. The first-order chi connectivity index (χ1) is 16.3. The van der Waals surface area contributed by atoms with Crippen LogP contribution < -0.4 is 21.7 Å². The van der Waals surface area contributed by atoms with Crippen LogP contribution in [0.25, 0.3) is 0 Å². The van der Waals surface area contributed by atoms with Crippen molar-refractivity contribution in [3.05, 3.63) is 64.3 Å². The lowest BCUT2D eigenvalue weighted by atomic mass is 10.1. The molecule has 3 amide bonds. The van der Waals surface area contributed by atoms with E-state index in [9.17, 15) is 18.8 Å². The predicted octanol–water partition coefficient (Wildman–Crippen LogP) is 3.31. The van der Waals surface area contributed by atoms with E-state index in [-0.39, 0.29) is 33.7 Å². The third-order valence-electron chi connectivity index (χ3n) is 5.72. The average Bonchev–Trinajstić information content (AvgIpc) is 3.54. The summed E-state index contributed by atoms with van der Waals surface area (Å²) in [7, 11) is 0. The Balaban J connectivity index is 1.82. The van der Waals surface area contributed by atoms with Gasteiger partial charge in [0.15, 0.2) is 11.7 Å². The van der Waals surface area contributed by atoms with Crippen LogP contribution >= 0.6 is 11.5 Å². The number of anilines is 2. The van der Waals surface area contributed by atoms with Crippen molar-refractivity contribution >= 4 is 40.6 Å². The first-order valence-electron chi connectivity index (χ1n) is 10.8. The van der Waals surface area contributed by atoms with Crippen LogP contribution in [0.4, 0.5) is 15.8 Å². The van der Waals surface area contributed by atoms with Crippen molar-refractivity contribution in [3.8, 4) is 0 Å². The summed E-state index contributed by atoms with van der Waals surface area (Å²) in [6.07, 6.45) is 3.68. The number of halogens is 1. The first-order valence-corrected chi connectivity index (χ1v) is 11.5. The number of hydrogen-bond donors (Lipinski definition) is 3. The van der Waals surface area contributed by atoms with Crippen molar-refractivity contribution in [2.75, 3.05) is 10.6 Å². The van der Waals surface area contributed by atoms with Crippen molar-refractivity contribution in [2.24, 2.45) is 5.73 Å². The largest absolute Gasteiger partial charge is 0.464 e. The van der Waals surface area contributed by atoms with Crippen molar-refractivity contribution in [2.45, 2.75) is 44.7 Å². The molecule has 1 aromatic carbocycles. The second kappa shape index (κ2) is 9.64. The lowest BCUT2D eigenvalue weighted by molar-refractivity contribution is -0.123. The zero-order chi connectivity index (χ0) is 24.4. The molecule has 11 heteroatoms. The van der Waals surface area contributed by atoms with E-state index in [4.69, 9.17) is 15.9 Å². The molecule has 2 aromatic heterocycles. The van der Waals surface area contributed by atoms with Crippen molar-refractivity contribution in [1.82, 2.24) is 9.69 Å². The molecule has 1 saturated carbocycles. The van der Waals surface area contributed by atoms with Crippen LogP contribution in [0.15, 0.2) is 40.8 Å². The van der Waals surface area contributed by atoms with Gasteiger partial charge in [-0.3, -0.25) is 19.3 Å². The molecule has 0 saturated heterocycles. The molecule has 1 aliphatic rings. The Morgan fingerprint density at radius 2 is 1.85 bits per heavy atom. The van der Waals surface area contributed by atoms with Crippen LogP contribution in [0.2, 0.25) is 0 Å². The molecule has 0 spiro atoms. The molecular formula is C23H24FN5O4S. The number of rotatable bonds is 7. The van der Waals surface area contributed by atoms with Gasteiger partial charge in [0.25, 0.3) is 17.7 Å². The summed E-state index contributed by atoms with van der Waals surface area (Å²) in [6, 6.07) is 7.18. The van der Waals surface area contributed by atoms with E-state index in [1.165, 1.54) is 29.2 Å². The van der Waals surface area contributed by atoms with Crippen molar-refractivity contribution in [3.63, 3.8) is 0 Å². The van der Waals surface area contributed by atoms with E-state index in [1.54, 1.807) is 19.1 Å². The van der Waals surface area contributed by atoms with E-state index in [1.807, 2.05) is 0 Å². The normalized spacial score (nSPS) is 14.6. The molecule has 0 aliphatic heterocycles. The van der Waals surface area contributed by atoms with Crippen LogP contribution in [0.3, 0.4) is 0 Å². The summed E-state index contributed by atoms with van der Waals surface area (Å²) in [6.45, 7) is 1.72. The van der Waals surface area contributed by atoms with E-state index in [2.05, 4.69) is 9.69 Å². The van der Waals surface area contributed by atoms with Gasteiger partial charge in [0, 0.05) is 11.7 Å². The zero-order valence-electron chi connectivity index (χ0n) is 18.4. The van der Waals surface area contributed by atoms with Gasteiger partial charge in [-0.1, -0.05) is 12.8 Å². The summed E-state index contributed by atoms with van der Waals surface area (Å²) >= 11 is 0.698. The summed E-state index contributed by atoms with van der Waals surface area (Å²) in [4.78, 5) is 40.1. The Bertz CT molecular complexity index is 1220. The monoisotopic (exact) mass is 485 g/mol. The number of carbonyl (C=O) groups is 3. The number of nitrogens with two attached hydrogens (primary N) is 2. The molecule has 5 N–H and O–H groups in total. The smallest absolute Gasteiger partial charge is 0.273 e. The Labute approximate surface area is 199 Å². The van der Waals surface area contributed by atoms with E-state index < -0.39 is 29.6 Å². The fraction of sp³-hybridized carbons (Fsp3) is 0.304. The number of aromatic nitrogens is 1. The molecule has 1 unspecified atom stereocenters. The highest BCUT2D eigenvalue weighted by molar-refractivity contribution is 7.09. The molecular weight excluding hydrogens is 461 g/mol. The molecule has 4 rings (SSSR count). The molecule has 178 valence electrons. The lowest BCUT2D eigenvalue weighted by Crippen LogP contribution is -2.46. The number of hydrogen-bond acceptors (Lipinski definition) is 7. The Morgan fingerprint density at radius 1 is 1.18 bits per heavy atom. The van der Waals surface area contributed by atoms with Crippen LogP contribution in [-0.4, -0.2) is 28.1 Å². The summed E-state index contributed by atoms with van der Waals surface area (Å²) in [5.41, 5.74) is 11.1. The highest BCUT2D eigenvalue weighted by Gasteiger charge is 2.38. The topological polar surface area (TPSA) is 145 Å². The van der Waals surface area contributed by atoms with Gasteiger partial charge in [-0.25, -0.2) is 4.39 Å². The van der Waals surface area contributed by atoms with Gasteiger partial charge < -0.3 is 21.2 Å². The van der Waals surface area contributed by atoms with Crippen molar-refractivity contribution < 1.29 is 23.2 Å². The molecule has 3 aromatic rings. The molecule has 1 fully saturated rings. The van der Waals surface area contributed by atoms with Crippen LogP contribution in [0.1, 0.15) is 63.4 Å². The fourth-order valence-corrected chi connectivity index (χ4v) is 4.79. The number of primary amides is 1. The minimum Gasteiger partial charge on any atom is -0.464 e. The number of benzene rings is 1. The van der Waals surface area contributed by atoms with Crippen molar-refractivity contribution in [1.29, 1.82) is 0 Å². The van der Waals surface area contributed by atoms with E-state index in [0.29, 0.717) is 17.3 Å². The minimum atomic E-state index is -1.22. The second-order valence-electron chi connectivity index (χ2n) is 8.13. The summed E-state index contributed by atoms with van der Waals surface area (Å²) in [5, 5.41) is 3.01. The number of nitrogens with zero attached hydrogens (tertiary/aromatic N) is 2. The Hall–Kier alpha value is -3.73. The quantitative estimate of drug-likeness (QED) is 0.468. The number of carbonyl (C=O) groups excluding carboxylic acids is 3. The maximum absolute atomic E-state index is 13.8. The second-order valence-corrected chi connectivity index (χ2v) is 8.90. The molecule has 0 radical (unpaired) electrons. The molecule has 2 heterocycles. The van der Waals surface area contributed by atoms with E-state index in [0.717, 1.165) is 25.7 Å². The van der Waals surface area contributed by atoms with Gasteiger partial charge in [-0.05, 0) is 67.7 Å². The standard InChI is InChI=1S/C23H24FN5O4S/c1-12-6-11-16(33-12)19(22(31)27-14-4-2-3-5-14)29(15-9-7-13(24)8-10-15)23(32)20-17(25)18(21(26)30)28-34-20/h6-11,14,19H,2-5,25H2,1H3,(H2,26,30)(H,27,31). The Morgan fingerprint density at radius 3 is 2.41 bits per heavy atom. The third-order valence-corrected chi connectivity index (χ3v) is 6.57. The Kier molecular flexibility index (Phi) is 6.64. The van der Waals surface area contributed by atoms with Gasteiger partial charge in [-0.2, -0.15) is 4.37 Å². The third kappa shape index (κ3) is 4.65. The average molecular weight is 486 g/mol. The van der Waals surface area contributed by atoms with Crippen LogP contribution in [0, 0.1) is 12.7 Å². The molecule has 1 aliphatic carbocycles. The molecule has 1 atom stereocenters. The lowest BCUT2D eigenvalue weighted by Gasteiger charge is -2.30. The zero-order valence-corrected chi connectivity index (χ0v) is 19.2. The maximum atomic E-state index is 13.8. The summed E-state index contributed by atoms with van der Waals surface area (Å²) < 4.78 is 23.4. The molecule has 9 nitrogen and oxygen atoms in total.